The van der Waals surface area contributed by atoms with Gasteiger partial charge in [-0.25, -0.2) is 28.8 Å². The number of nitrogens with zero attached hydrogens (tertiary/aromatic N) is 4. The van der Waals surface area contributed by atoms with Gasteiger partial charge in [-0.1, -0.05) is 164 Å². The number of carbonyl (C=O) groups excluding carboxylic acids is 9. The molecule has 4 amide bonds. The minimum absolute atomic E-state index is 0.0280. The second kappa shape index (κ2) is 44.2. The lowest BCUT2D eigenvalue weighted by atomic mass is 9.70. The molecule has 0 atom stereocenters. The maximum Gasteiger partial charge on any atom is 0.534 e. The van der Waals surface area contributed by atoms with Crippen LogP contribution in [0.1, 0.15) is 237 Å². The van der Waals surface area contributed by atoms with E-state index in [0.29, 0.717) is 69.9 Å². The van der Waals surface area contributed by atoms with Gasteiger partial charge in [-0.15, -0.1) is 6.58 Å². The number of carbonyl (C=O) groups is 9. The van der Waals surface area contributed by atoms with Crippen molar-refractivity contribution in [2.24, 2.45) is 0 Å². The summed E-state index contributed by atoms with van der Waals surface area (Å²) in [5.74, 6) is -0.0531. The average Bonchev–Trinajstić information content (AvgIpc) is 0.736. The van der Waals surface area contributed by atoms with Crippen LogP contribution in [0.3, 0.4) is 0 Å². The molecule has 0 saturated carbocycles. The monoisotopic (exact) mass is 1750 g/mol. The molecule has 5 saturated heterocycles. The summed E-state index contributed by atoms with van der Waals surface area (Å²) in [4.78, 5) is 113. The number of ether oxygens (including phenoxy) is 7. The summed E-state index contributed by atoms with van der Waals surface area (Å²) in [6.45, 7) is 48.9. The molecular formula is C96H134F3N5O19S. The summed E-state index contributed by atoms with van der Waals surface area (Å²) in [6, 6.07) is 49.0. The minimum atomic E-state index is -5.85. The number of alkyl halides is 3. The normalized spacial score (nSPS) is 17.3. The van der Waals surface area contributed by atoms with Gasteiger partial charge in [0, 0.05) is 69.6 Å². The van der Waals surface area contributed by atoms with Crippen molar-refractivity contribution in [3.63, 3.8) is 0 Å². The molecular weight excluding hydrogens is 1620 g/mol. The van der Waals surface area contributed by atoms with Crippen molar-refractivity contribution < 1.29 is 102 Å². The summed E-state index contributed by atoms with van der Waals surface area (Å²) < 4.78 is 101. The van der Waals surface area contributed by atoms with E-state index in [4.69, 9.17) is 28.4 Å². The van der Waals surface area contributed by atoms with Crippen LogP contribution in [0.25, 0.3) is 0 Å². The first-order valence-electron chi connectivity index (χ1n) is 42.2. The van der Waals surface area contributed by atoms with Gasteiger partial charge in [0.2, 0.25) is 0 Å². The van der Waals surface area contributed by atoms with Crippen molar-refractivity contribution in [3.8, 4) is 0 Å². The maximum atomic E-state index is 12.8. The molecule has 0 bridgehead atoms. The van der Waals surface area contributed by atoms with E-state index in [1.54, 1.807) is 121 Å². The van der Waals surface area contributed by atoms with Gasteiger partial charge in [0.25, 0.3) is 0 Å². The van der Waals surface area contributed by atoms with Crippen LogP contribution in [-0.2, 0) is 88.9 Å². The lowest BCUT2D eigenvalue weighted by molar-refractivity contribution is -0.124. The predicted molar refractivity (Wildman–Crippen MR) is 472 cm³/mol. The van der Waals surface area contributed by atoms with E-state index in [9.17, 15) is 64.7 Å². The summed E-state index contributed by atoms with van der Waals surface area (Å²) in [5, 5.41) is 3.31. The molecule has 28 heteroatoms. The largest absolute Gasteiger partial charge is 0.534 e. The Bertz CT molecular complexity index is 4390. The van der Waals surface area contributed by atoms with E-state index in [0.717, 1.165) is 63.5 Å². The molecule has 0 unspecified atom stereocenters. The highest BCUT2D eigenvalue weighted by molar-refractivity contribution is 7.87. The number of hydrogen-bond donors (Lipinski definition) is 1. The highest BCUT2D eigenvalue weighted by Crippen LogP contribution is 2.46. The Kier molecular flexibility index (Phi) is 37.2. The number of piperidine rings is 5. The number of amides is 4. The van der Waals surface area contributed by atoms with Gasteiger partial charge < -0.3 is 67.1 Å². The van der Waals surface area contributed by atoms with E-state index in [1.807, 2.05) is 141 Å². The van der Waals surface area contributed by atoms with E-state index in [-0.39, 0.29) is 66.2 Å². The highest BCUT2D eigenvalue weighted by Gasteiger charge is 2.52. The number of benzene rings is 5. The molecule has 0 radical (unpaired) electrons. The van der Waals surface area contributed by atoms with Crippen molar-refractivity contribution in [2.45, 2.75) is 275 Å². The summed E-state index contributed by atoms with van der Waals surface area (Å²) >= 11 is 0. The molecule has 5 heterocycles. The molecule has 124 heavy (non-hydrogen) atoms. The Hall–Kier alpha value is -10.1. The van der Waals surface area contributed by atoms with E-state index in [1.165, 1.54) is 21.6 Å². The van der Waals surface area contributed by atoms with Crippen LogP contribution in [0.5, 0.6) is 0 Å². The van der Waals surface area contributed by atoms with Crippen LogP contribution < -0.4 is 5.32 Å². The van der Waals surface area contributed by atoms with E-state index < -0.39 is 84.2 Å². The number of allylic oxidation sites excluding steroid dienone is 2. The molecule has 5 fully saturated rings. The maximum absolute atomic E-state index is 12.8. The molecule has 5 aliphatic rings. The van der Waals surface area contributed by atoms with Gasteiger partial charge in [-0.2, -0.15) is 21.6 Å². The van der Waals surface area contributed by atoms with Crippen molar-refractivity contribution in [3.05, 3.63) is 204 Å². The topological polar surface area (TPSA) is 287 Å². The second-order valence-corrected chi connectivity index (χ2v) is 39.3. The predicted octanol–water partition coefficient (Wildman–Crippen LogP) is 20.3. The number of likely N-dealkylation sites (tertiary alicyclic amines) is 4. The number of ketones is 2. The Labute approximate surface area is 733 Å². The third kappa shape index (κ3) is 32.2. The lowest BCUT2D eigenvalue weighted by Crippen LogP contribution is -2.49. The Morgan fingerprint density at radius 3 is 0.919 bits per heavy atom. The van der Waals surface area contributed by atoms with Crippen molar-refractivity contribution in [1.29, 1.82) is 0 Å². The summed E-state index contributed by atoms with van der Waals surface area (Å²) in [6.07, 6.45) is 6.84. The fraction of sp³-hybridized carbons (Fsp3) is 0.552. The fourth-order valence-corrected chi connectivity index (χ4v) is 15.5. The first kappa shape index (κ1) is 104. The third-order valence-electron chi connectivity index (χ3n) is 21.6. The SMILES string of the molecule is C=C(OS(=O)(=O)C(F)(F)F)C1(c2ccccc2)CCN(C(=O)OC(C)(C)C)CC1.C=CC1(c2ccccc2)CCN(C(=O)OC(C)(C)C)CC1.CC(=O)C1(c2ccccc2)CCN(C(=O)OC(C)(C)C)CC1.CC(=O)C1(c2ccccc2)CCNCC1.CC(C)(C)OC(=O)N1CCC(CC=O)(c2ccccc2)CC1.CC(C)(C)OC(=O)OC(=O)OC(C)(C)C. The number of hydrogen-bond acceptors (Lipinski definition) is 20. The molecule has 0 spiro atoms. The molecule has 684 valence electrons. The number of rotatable bonds is 13. The second-order valence-electron chi connectivity index (χ2n) is 37.8. The zero-order valence-electron chi connectivity index (χ0n) is 76.4. The first-order chi connectivity index (χ1) is 57.4. The number of nitrogens with one attached hydrogen (secondary N) is 1. The van der Waals surface area contributed by atoms with Crippen LogP contribution in [0.4, 0.5) is 41.9 Å². The molecule has 0 aromatic heterocycles. The summed E-state index contributed by atoms with van der Waals surface area (Å²) in [5.41, 5.74) is -5.89. The molecule has 24 nitrogen and oxygen atoms in total. The van der Waals surface area contributed by atoms with Crippen LogP contribution in [0, 0.1) is 0 Å². The van der Waals surface area contributed by atoms with E-state index in [2.05, 4.69) is 75.9 Å². The fourth-order valence-electron chi connectivity index (χ4n) is 15.0. The van der Waals surface area contributed by atoms with E-state index >= 15 is 0 Å². The molecule has 5 aliphatic heterocycles. The summed E-state index contributed by atoms with van der Waals surface area (Å²) in [7, 11) is -5.85. The van der Waals surface area contributed by atoms with Gasteiger partial charge in [0.1, 0.15) is 57.2 Å². The molecule has 5 aromatic rings. The van der Waals surface area contributed by atoms with Crippen LogP contribution >= 0.6 is 0 Å². The van der Waals surface area contributed by atoms with Gasteiger partial charge in [-0.05, 0) is 244 Å². The van der Waals surface area contributed by atoms with Crippen molar-refractivity contribution >= 4 is 64.7 Å². The van der Waals surface area contributed by atoms with Crippen molar-refractivity contribution in [1.82, 2.24) is 24.9 Å². The molecule has 10 rings (SSSR count). The zero-order chi connectivity index (χ0) is 93.2. The third-order valence-corrected chi connectivity index (χ3v) is 22.6. The average molecular weight is 1750 g/mol. The quantitative estimate of drug-likeness (QED) is 0.0167. The molecule has 5 aromatic carbocycles. The Balaban J connectivity index is 0.000000268. The van der Waals surface area contributed by atoms with Gasteiger partial charge in [-0.3, -0.25) is 9.59 Å². The zero-order valence-corrected chi connectivity index (χ0v) is 77.3. The number of halogens is 3. The van der Waals surface area contributed by atoms with Gasteiger partial charge in [0.05, 0.1) is 16.2 Å². The standard InChI is InChI=1S/C19H24F3NO5S.2C18H25NO3.C18H25NO2.C13H17NO.C10H18O5/c1-14(28-29(25,26)19(20,21)22)18(15-8-6-5-7-9-15)10-12-23(13-11-18)16(24)27-17(2,3)4;1-14(20)18(15-8-6-5-7-9-15)10-12-19(13-11-18)16(21)22-17(2,3)4;1-17(2,3)22-16(21)19-12-9-18(10-13-19,11-14-20)15-7-5-4-6-8-15;1-5-18(15-9-7-6-8-10-15)11-13-19(14-12-18)16(20)21-17(2,3)4;1-11(15)13(7-9-14-10-8-13)12-5-3-2-4-6-12;1-9(2,3)14-7(11)13-8(12)15-10(4,5)6/h5-9H,1,10-13H2,2-4H3;5-9H,10-13H2,1-4H3;4-8,14H,9-13H2,1-3H3;5-10H,1,11-14H2,2-4H3;2-6,14H,7-10H2,1H3;1-6H3. The highest BCUT2D eigenvalue weighted by atomic mass is 32.2. The Morgan fingerprint density at radius 1 is 0.387 bits per heavy atom. The van der Waals surface area contributed by atoms with Gasteiger partial charge in [0.15, 0.2) is 0 Å². The smallest absolute Gasteiger partial charge is 0.444 e. The van der Waals surface area contributed by atoms with Gasteiger partial charge >= 0.3 is 52.3 Å². The van der Waals surface area contributed by atoms with Crippen molar-refractivity contribution in [2.75, 3.05) is 65.4 Å². The molecule has 0 aliphatic carbocycles. The molecule has 1 N–H and O–H groups in total. The number of Topliss-reactive ketones (excluding diaryl/α,β-unsaturated/α-hetero) is 2. The van der Waals surface area contributed by atoms with Crippen LogP contribution in [0.15, 0.2) is 177 Å². The number of aldehydes is 1. The lowest BCUT2D eigenvalue weighted by Gasteiger charge is -2.42. The first-order valence-corrected chi connectivity index (χ1v) is 43.6. The Morgan fingerprint density at radius 2 is 0.645 bits per heavy atom. The van der Waals surface area contributed by atoms with Crippen LogP contribution in [-0.4, -0.2) is 187 Å². The van der Waals surface area contributed by atoms with Crippen LogP contribution in [0.2, 0.25) is 0 Å². The minimum Gasteiger partial charge on any atom is -0.444 e.